The molecule has 0 aliphatic carbocycles. The minimum absolute atomic E-state index is 0.0690. The molecule has 1 aliphatic heterocycles. The SMILES string of the molecule is O=C(NCc1ccco1)c1ccccc1N1CCNCC1. The number of nitrogens with zero attached hydrogens (tertiary/aromatic N) is 1. The van der Waals surface area contributed by atoms with E-state index < -0.39 is 0 Å². The third kappa shape index (κ3) is 3.25. The molecule has 1 aromatic carbocycles. The van der Waals surface area contributed by atoms with E-state index in [9.17, 15) is 4.79 Å². The number of nitrogens with one attached hydrogen (secondary N) is 2. The summed E-state index contributed by atoms with van der Waals surface area (Å²) in [6.07, 6.45) is 1.61. The summed E-state index contributed by atoms with van der Waals surface area (Å²) in [5.41, 5.74) is 1.71. The summed E-state index contributed by atoms with van der Waals surface area (Å²) in [4.78, 5) is 14.7. The summed E-state index contributed by atoms with van der Waals surface area (Å²) >= 11 is 0. The van der Waals surface area contributed by atoms with Gasteiger partial charge in [0.15, 0.2) is 0 Å². The van der Waals surface area contributed by atoms with Crippen molar-refractivity contribution in [3.8, 4) is 0 Å². The number of hydrogen-bond donors (Lipinski definition) is 2. The van der Waals surface area contributed by atoms with E-state index in [4.69, 9.17) is 4.42 Å². The fourth-order valence-corrected chi connectivity index (χ4v) is 2.52. The zero-order valence-corrected chi connectivity index (χ0v) is 11.8. The van der Waals surface area contributed by atoms with Crippen LogP contribution in [0.15, 0.2) is 47.1 Å². The number of hydrogen-bond acceptors (Lipinski definition) is 4. The van der Waals surface area contributed by atoms with Crippen molar-refractivity contribution in [3.63, 3.8) is 0 Å². The normalized spacial score (nSPS) is 15.0. The summed E-state index contributed by atoms with van der Waals surface area (Å²) in [5.74, 6) is 0.684. The second kappa shape index (κ2) is 6.45. The quantitative estimate of drug-likeness (QED) is 0.896. The molecule has 0 unspecified atom stereocenters. The molecule has 1 aromatic heterocycles. The van der Waals surface area contributed by atoms with E-state index in [-0.39, 0.29) is 5.91 Å². The van der Waals surface area contributed by atoms with Crippen molar-refractivity contribution in [2.24, 2.45) is 0 Å². The van der Waals surface area contributed by atoms with Gasteiger partial charge in [0, 0.05) is 31.9 Å². The van der Waals surface area contributed by atoms with Crippen LogP contribution in [0, 0.1) is 0 Å². The van der Waals surface area contributed by atoms with Gasteiger partial charge in [-0.3, -0.25) is 4.79 Å². The molecule has 0 spiro atoms. The van der Waals surface area contributed by atoms with Crippen LogP contribution in [0.2, 0.25) is 0 Å². The second-order valence-electron chi connectivity index (χ2n) is 5.02. The maximum Gasteiger partial charge on any atom is 0.253 e. The number of furan rings is 1. The smallest absolute Gasteiger partial charge is 0.253 e. The Balaban J connectivity index is 1.73. The number of carbonyl (C=O) groups excluding carboxylic acids is 1. The summed E-state index contributed by atoms with van der Waals surface area (Å²) in [6, 6.07) is 11.4. The molecule has 110 valence electrons. The highest BCUT2D eigenvalue weighted by molar-refractivity contribution is 5.99. The van der Waals surface area contributed by atoms with Crippen LogP contribution in [0.5, 0.6) is 0 Å². The lowest BCUT2D eigenvalue weighted by Crippen LogP contribution is -2.44. The first-order valence-corrected chi connectivity index (χ1v) is 7.20. The van der Waals surface area contributed by atoms with Crippen LogP contribution in [-0.2, 0) is 6.54 Å². The Kier molecular flexibility index (Phi) is 4.21. The molecular weight excluding hydrogens is 266 g/mol. The molecule has 2 aromatic rings. The van der Waals surface area contributed by atoms with Gasteiger partial charge < -0.3 is 20.0 Å². The predicted molar refractivity (Wildman–Crippen MR) is 81.4 cm³/mol. The van der Waals surface area contributed by atoms with Crippen molar-refractivity contribution >= 4 is 11.6 Å². The van der Waals surface area contributed by atoms with E-state index in [0.717, 1.165) is 37.6 Å². The van der Waals surface area contributed by atoms with Crippen molar-refractivity contribution in [1.82, 2.24) is 10.6 Å². The minimum atomic E-state index is -0.0690. The molecule has 0 radical (unpaired) electrons. The van der Waals surface area contributed by atoms with Crippen molar-refractivity contribution in [2.45, 2.75) is 6.54 Å². The number of para-hydroxylation sites is 1. The van der Waals surface area contributed by atoms with E-state index in [0.29, 0.717) is 12.1 Å². The average Bonchev–Trinajstić information content (AvgIpc) is 3.07. The van der Waals surface area contributed by atoms with Crippen LogP contribution in [0.3, 0.4) is 0 Å². The maximum absolute atomic E-state index is 12.4. The molecular formula is C16H19N3O2. The molecule has 1 fully saturated rings. The highest BCUT2D eigenvalue weighted by Gasteiger charge is 2.17. The van der Waals surface area contributed by atoms with Gasteiger partial charge in [-0.05, 0) is 24.3 Å². The maximum atomic E-state index is 12.4. The average molecular weight is 285 g/mol. The molecule has 0 atom stereocenters. The van der Waals surface area contributed by atoms with Crippen molar-refractivity contribution in [3.05, 3.63) is 54.0 Å². The second-order valence-corrected chi connectivity index (χ2v) is 5.02. The summed E-state index contributed by atoms with van der Waals surface area (Å²) in [6.45, 7) is 4.14. The van der Waals surface area contributed by atoms with E-state index in [1.807, 2.05) is 36.4 Å². The third-order valence-electron chi connectivity index (χ3n) is 3.61. The first-order valence-electron chi connectivity index (χ1n) is 7.20. The van der Waals surface area contributed by atoms with Gasteiger partial charge in [-0.25, -0.2) is 0 Å². The fraction of sp³-hybridized carbons (Fsp3) is 0.312. The molecule has 0 saturated carbocycles. The van der Waals surface area contributed by atoms with Crippen LogP contribution in [0.1, 0.15) is 16.1 Å². The first kappa shape index (κ1) is 13.7. The zero-order chi connectivity index (χ0) is 14.5. The first-order chi connectivity index (χ1) is 10.3. The van der Waals surface area contributed by atoms with Crippen molar-refractivity contribution < 1.29 is 9.21 Å². The van der Waals surface area contributed by atoms with Gasteiger partial charge in [0.2, 0.25) is 0 Å². The molecule has 1 aliphatic rings. The van der Waals surface area contributed by atoms with Gasteiger partial charge in [-0.1, -0.05) is 12.1 Å². The summed E-state index contributed by atoms with van der Waals surface area (Å²) in [5, 5.41) is 6.23. The number of piperazine rings is 1. The van der Waals surface area contributed by atoms with Crippen molar-refractivity contribution in [2.75, 3.05) is 31.1 Å². The van der Waals surface area contributed by atoms with Crippen molar-refractivity contribution in [1.29, 1.82) is 0 Å². The lowest BCUT2D eigenvalue weighted by atomic mass is 10.1. The standard InChI is InChI=1S/C16H19N3O2/c20-16(18-12-13-4-3-11-21-13)14-5-1-2-6-15(14)19-9-7-17-8-10-19/h1-6,11,17H,7-10,12H2,(H,18,20). The lowest BCUT2D eigenvalue weighted by Gasteiger charge is -2.30. The molecule has 2 heterocycles. The highest BCUT2D eigenvalue weighted by Crippen LogP contribution is 2.20. The van der Waals surface area contributed by atoms with Crippen LogP contribution in [0.4, 0.5) is 5.69 Å². The topological polar surface area (TPSA) is 57.5 Å². The minimum Gasteiger partial charge on any atom is -0.467 e. The Morgan fingerprint density at radius 1 is 1.19 bits per heavy atom. The Morgan fingerprint density at radius 2 is 2.00 bits per heavy atom. The molecule has 1 amide bonds. The van der Waals surface area contributed by atoms with Gasteiger partial charge in [-0.15, -0.1) is 0 Å². The molecule has 0 bridgehead atoms. The third-order valence-corrected chi connectivity index (χ3v) is 3.61. The van der Waals surface area contributed by atoms with Gasteiger partial charge in [0.25, 0.3) is 5.91 Å². The number of anilines is 1. The van der Waals surface area contributed by atoms with Gasteiger partial charge in [-0.2, -0.15) is 0 Å². The van der Waals surface area contributed by atoms with E-state index >= 15 is 0 Å². The fourth-order valence-electron chi connectivity index (χ4n) is 2.52. The molecule has 1 saturated heterocycles. The Labute approximate surface area is 123 Å². The number of amides is 1. The van der Waals surface area contributed by atoms with E-state index in [1.165, 1.54) is 0 Å². The van der Waals surface area contributed by atoms with E-state index in [2.05, 4.69) is 15.5 Å². The largest absolute Gasteiger partial charge is 0.467 e. The van der Waals surface area contributed by atoms with Gasteiger partial charge >= 0.3 is 0 Å². The van der Waals surface area contributed by atoms with Crippen LogP contribution in [0.25, 0.3) is 0 Å². The number of carbonyl (C=O) groups is 1. The molecule has 5 nitrogen and oxygen atoms in total. The molecule has 2 N–H and O–H groups in total. The zero-order valence-electron chi connectivity index (χ0n) is 11.8. The highest BCUT2D eigenvalue weighted by atomic mass is 16.3. The monoisotopic (exact) mass is 285 g/mol. The molecule has 3 rings (SSSR count). The summed E-state index contributed by atoms with van der Waals surface area (Å²) in [7, 11) is 0. The van der Waals surface area contributed by atoms with Gasteiger partial charge in [0.1, 0.15) is 5.76 Å². The van der Waals surface area contributed by atoms with Crippen LogP contribution >= 0.6 is 0 Å². The van der Waals surface area contributed by atoms with Gasteiger partial charge in [0.05, 0.1) is 18.4 Å². The Hall–Kier alpha value is -2.27. The van der Waals surface area contributed by atoms with Crippen LogP contribution in [-0.4, -0.2) is 32.1 Å². The number of benzene rings is 1. The lowest BCUT2D eigenvalue weighted by molar-refractivity contribution is 0.0948. The Bertz CT molecular complexity index is 589. The summed E-state index contributed by atoms with van der Waals surface area (Å²) < 4.78 is 5.23. The predicted octanol–water partition coefficient (Wildman–Crippen LogP) is 1.62. The Morgan fingerprint density at radius 3 is 2.76 bits per heavy atom. The van der Waals surface area contributed by atoms with Crippen LogP contribution < -0.4 is 15.5 Å². The molecule has 21 heavy (non-hydrogen) atoms. The molecule has 5 heteroatoms. The van der Waals surface area contributed by atoms with E-state index in [1.54, 1.807) is 6.26 Å². The number of rotatable bonds is 4.